The monoisotopic (exact) mass is 549 g/mol. The normalized spacial score (nSPS) is 18.6. The van der Waals surface area contributed by atoms with E-state index in [9.17, 15) is 4.79 Å². The van der Waals surface area contributed by atoms with Crippen LogP contribution < -0.4 is 5.01 Å². The summed E-state index contributed by atoms with van der Waals surface area (Å²) in [6.07, 6.45) is 9.30. The van der Waals surface area contributed by atoms with Crippen LogP contribution in [0.4, 0.5) is 14.5 Å². The van der Waals surface area contributed by atoms with Gasteiger partial charge in [-0.3, -0.25) is 9.69 Å². The van der Waals surface area contributed by atoms with E-state index in [0.29, 0.717) is 24.2 Å². The molecule has 1 saturated heterocycles. The summed E-state index contributed by atoms with van der Waals surface area (Å²) in [7, 11) is 0. The Morgan fingerprint density at radius 1 is 0.878 bits per heavy atom. The summed E-state index contributed by atoms with van der Waals surface area (Å²) in [6.45, 7) is 2.75. The number of amides is 1. The molecule has 2 aliphatic heterocycles. The molecule has 1 amide bonds. The summed E-state index contributed by atoms with van der Waals surface area (Å²) < 4.78 is 32.6. The average Bonchev–Trinajstić information content (AvgIpc) is 3.65. The summed E-state index contributed by atoms with van der Waals surface area (Å²) in [6, 6.07) is 19.6. The lowest BCUT2D eigenvalue weighted by atomic mass is 9.79. The molecule has 4 aromatic rings. The Bertz CT molecular complexity index is 1670. The van der Waals surface area contributed by atoms with E-state index in [1.165, 1.54) is 11.4 Å². The third kappa shape index (κ3) is 4.68. The molecule has 1 unspecified atom stereocenters. The van der Waals surface area contributed by atoms with Gasteiger partial charge in [-0.25, -0.2) is 13.5 Å². The number of rotatable bonds is 6. The van der Waals surface area contributed by atoms with Crippen molar-refractivity contribution in [3.8, 4) is 5.69 Å². The Balaban J connectivity index is 1.25. The molecule has 0 spiro atoms. The summed E-state index contributed by atoms with van der Waals surface area (Å²) in [5, 5.41) is 10.3. The van der Waals surface area contributed by atoms with E-state index in [-0.39, 0.29) is 22.7 Å². The smallest absolute Gasteiger partial charge is 0.280 e. The zero-order chi connectivity index (χ0) is 27.9. The molecule has 7 rings (SSSR count). The zero-order valence-corrected chi connectivity index (χ0v) is 22.5. The molecule has 1 fully saturated rings. The Morgan fingerprint density at radius 2 is 1.66 bits per heavy atom. The summed E-state index contributed by atoms with van der Waals surface area (Å²) in [4.78, 5) is 16.3. The van der Waals surface area contributed by atoms with E-state index in [1.807, 2.05) is 60.8 Å². The molecular weight excluding hydrogens is 520 g/mol. The van der Waals surface area contributed by atoms with Crippen molar-refractivity contribution in [2.75, 3.05) is 18.1 Å². The molecule has 6 nitrogen and oxygen atoms in total. The Morgan fingerprint density at radius 3 is 2.44 bits per heavy atom. The predicted octanol–water partition coefficient (Wildman–Crippen LogP) is 6.15. The van der Waals surface area contributed by atoms with Crippen molar-refractivity contribution in [3.05, 3.63) is 125 Å². The number of carbonyl (C=O) groups is 1. The number of hydrogen-bond acceptors (Lipinski definition) is 4. The first-order valence-electron chi connectivity index (χ1n) is 14.1. The fourth-order valence-electron chi connectivity index (χ4n) is 6.20. The van der Waals surface area contributed by atoms with Crippen molar-refractivity contribution >= 4 is 17.3 Å². The van der Waals surface area contributed by atoms with Crippen LogP contribution in [0.3, 0.4) is 0 Å². The number of piperidine rings is 1. The number of hydrogen-bond donors (Lipinski definition) is 0. The number of hydrazone groups is 1. The SMILES string of the molecule is O=C1C2=CC(Cc3ccc(-n4cccn4)cc3)c3c(F)ccc(F)c3C2=NN1c1ccccc1CN1CCCCC1. The second kappa shape index (κ2) is 10.5. The lowest BCUT2D eigenvalue weighted by Crippen LogP contribution is -2.30. The fraction of sp³-hybridized carbons (Fsp3) is 0.242. The number of nitrogens with zero attached hydrogens (tertiary/aromatic N) is 5. The largest absolute Gasteiger partial charge is 0.299 e. The minimum atomic E-state index is -0.582. The Kier molecular flexibility index (Phi) is 6.55. The molecule has 0 saturated carbocycles. The standard InChI is InChI=1S/C33H29F2N5O/c34-27-13-14-28(35)31-30(27)24(19-22-9-11-25(12-10-22)39-18-6-15-36-39)20-26-32(31)37-40(33(26)41)29-8-3-2-7-23(29)21-38-16-4-1-5-17-38/h2-3,6-15,18,20,24H,1,4-5,16-17,19,21H2. The highest BCUT2D eigenvalue weighted by atomic mass is 19.1. The van der Waals surface area contributed by atoms with E-state index >= 15 is 8.78 Å². The third-order valence-electron chi connectivity index (χ3n) is 8.22. The van der Waals surface area contributed by atoms with Crippen molar-refractivity contribution in [2.24, 2.45) is 5.10 Å². The van der Waals surface area contributed by atoms with E-state index in [0.717, 1.165) is 54.9 Å². The number of anilines is 1. The highest BCUT2D eigenvalue weighted by Gasteiger charge is 2.40. The molecule has 3 aromatic carbocycles. The molecule has 41 heavy (non-hydrogen) atoms. The van der Waals surface area contributed by atoms with E-state index in [1.54, 1.807) is 17.0 Å². The second-order valence-electron chi connectivity index (χ2n) is 10.9. The topological polar surface area (TPSA) is 53.7 Å². The van der Waals surface area contributed by atoms with E-state index in [4.69, 9.17) is 0 Å². The molecular formula is C33H29F2N5O. The number of likely N-dealkylation sites (tertiary alicyclic amines) is 1. The van der Waals surface area contributed by atoms with Crippen LogP contribution in [0.2, 0.25) is 0 Å². The summed E-state index contributed by atoms with van der Waals surface area (Å²) >= 11 is 0. The molecule has 1 aromatic heterocycles. The van der Waals surface area contributed by atoms with Gasteiger partial charge in [-0.2, -0.15) is 15.2 Å². The zero-order valence-electron chi connectivity index (χ0n) is 22.5. The highest BCUT2D eigenvalue weighted by Crippen LogP contribution is 2.40. The number of allylic oxidation sites excluding steroid dienone is 1. The molecule has 206 valence electrons. The van der Waals surface area contributed by atoms with Crippen molar-refractivity contribution in [2.45, 2.75) is 38.1 Å². The maximum Gasteiger partial charge on any atom is 0.280 e. The van der Waals surface area contributed by atoms with Crippen LogP contribution in [0.15, 0.2) is 95.9 Å². The van der Waals surface area contributed by atoms with Gasteiger partial charge in [0, 0.05) is 36.0 Å². The minimum Gasteiger partial charge on any atom is -0.299 e. The van der Waals surface area contributed by atoms with E-state index in [2.05, 4.69) is 15.1 Å². The number of fused-ring (bicyclic) bond motifs is 3. The van der Waals surface area contributed by atoms with Gasteiger partial charge in [0.15, 0.2) is 0 Å². The maximum absolute atomic E-state index is 15.4. The van der Waals surface area contributed by atoms with Gasteiger partial charge >= 0.3 is 0 Å². The number of halogens is 2. The third-order valence-corrected chi connectivity index (χ3v) is 8.22. The van der Waals surface area contributed by atoms with Crippen LogP contribution >= 0.6 is 0 Å². The van der Waals surface area contributed by atoms with Crippen molar-refractivity contribution in [1.82, 2.24) is 14.7 Å². The number of carbonyl (C=O) groups excluding carboxylic acids is 1. The summed E-state index contributed by atoms with van der Waals surface area (Å²) in [5.74, 6) is -1.94. The van der Waals surface area contributed by atoms with Crippen LogP contribution in [0, 0.1) is 11.6 Å². The second-order valence-corrected chi connectivity index (χ2v) is 10.9. The van der Waals surface area contributed by atoms with Crippen LogP contribution in [0.1, 0.15) is 47.4 Å². The van der Waals surface area contributed by atoms with E-state index < -0.39 is 17.6 Å². The molecule has 3 aliphatic rings. The van der Waals surface area contributed by atoms with Crippen molar-refractivity contribution < 1.29 is 13.6 Å². The van der Waals surface area contributed by atoms with Crippen LogP contribution in [0.5, 0.6) is 0 Å². The van der Waals surface area contributed by atoms with Gasteiger partial charge in [0.2, 0.25) is 0 Å². The first kappa shape index (κ1) is 25.5. The number of para-hydroxylation sites is 1. The molecule has 0 N–H and O–H groups in total. The predicted molar refractivity (Wildman–Crippen MR) is 154 cm³/mol. The first-order valence-corrected chi connectivity index (χ1v) is 14.1. The number of aromatic nitrogens is 2. The molecule has 1 atom stereocenters. The number of benzene rings is 3. The van der Waals surface area contributed by atoms with Crippen LogP contribution in [-0.2, 0) is 17.8 Å². The van der Waals surface area contributed by atoms with Gasteiger partial charge in [0.25, 0.3) is 5.91 Å². The lowest BCUT2D eigenvalue weighted by Gasteiger charge is -2.28. The van der Waals surface area contributed by atoms with Gasteiger partial charge in [-0.1, -0.05) is 42.8 Å². The van der Waals surface area contributed by atoms with Gasteiger partial charge in [0.1, 0.15) is 17.3 Å². The molecule has 0 bridgehead atoms. The van der Waals surface area contributed by atoms with Crippen LogP contribution in [-0.4, -0.2) is 39.4 Å². The first-order chi connectivity index (χ1) is 20.1. The summed E-state index contributed by atoms with van der Waals surface area (Å²) in [5.41, 5.74) is 4.32. The minimum absolute atomic E-state index is 0.0741. The Labute approximate surface area is 237 Å². The van der Waals surface area contributed by atoms with Crippen LogP contribution in [0.25, 0.3) is 5.69 Å². The quantitative estimate of drug-likeness (QED) is 0.290. The van der Waals surface area contributed by atoms with Gasteiger partial charge in [-0.05, 0) is 79.9 Å². The van der Waals surface area contributed by atoms with Crippen molar-refractivity contribution in [3.63, 3.8) is 0 Å². The highest BCUT2D eigenvalue weighted by molar-refractivity contribution is 6.36. The van der Waals surface area contributed by atoms with Gasteiger partial charge in [0.05, 0.1) is 16.9 Å². The average molecular weight is 550 g/mol. The van der Waals surface area contributed by atoms with Crippen molar-refractivity contribution in [1.29, 1.82) is 0 Å². The van der Waals surface area contributed by atoms with Gasteiger partial charge in [-0.15, -0.1) is 0 Å². The Hall–Kier alpha value is -4.43. The lowest BCUT2D eigenvalue weighted by molar-refractivity contribution is -0.114. The molecule has 3 heterocycles. The molecule has 1 aliphatic carbocycles. The maximum atomic E-state index is 15.4. The van der Waals surface area contributed by atoms with Gasteiger partial charge < -0.3 is 0 Å². The molecule has 8 heteroatoms. The molecule has 0 radical (unpaired) electrons. The fourth-order valence-corrected chi connectivity index (χ4v) is 6.20.